The summed E-state index contributed by atoms with van der Waals surface area (Å²) in [5.41, 5.74) is 8.99. The van der Waals surface area contributed by atoms with Crippen LogP contribution in [0.25, 0.3) is 40.0 Å². The maximum absolute atomic E-state index is 6.56. The molecule has 0 unspecified atom stereocenters. The number of hydrogen-bond donors (Lipinski definition) is 0. The van der Waals surface area contributed by atoms with Crippen molar-refractivity contribution in [1.82, 2.24) is 15.0 Å². The summed E-state index contributed by atoms with van der Waals surface area (Å²) in [5.74, 6) is 1.91. The van der Waals surface area contributed by atoms with Crippen LogP contribution in [0.4, 0.5) is 0 Å². The van der Waals surface area contributed by atoms with Crippen LogP contribution >= 0.6 is 0 Å². The third-order valence-corrected chi connectivity index (χ3v) is 8.73. The van der Waals surface area contributed by atoms with Crippen molar-refractivity contribution in [2.75, 3.05) is 0 Å². The molecule has 5 nitrogen and oxygen atoms in total. The van der Waals surface area contributed by atoms with Gasteiger partial charge in [-0.3, -0.25) is 4.99 Å². The van der Waals surface area contributed by atoms with Crippen molar-refractivity contribution in [1.29, 1.82) is 0 Å². The maximum Gasteiger partial charge on any atom is 0.163 e. The van der Waals surface area contributed by atoms with E-state index in [0.29, 0.717) is 17.4 Å². The Balaban J connectivity index is 1.26. The minimum atomic E-state index is -0.605. The minimum absolute atomic E-state index is 0.575. The van der Waals surface area contributed by atoms with Gasteiger partial charge in [-0.05, 0) is 51.6 Å². The highest BCUT2D eigenvalue weighted by atomic mass is 16.5. The summed E-state index contributed by atoms with van der Waals surface area (Å²) >= 11 is 0. The second kappa shape index (κ2) is 12.7. The van der Waals surface area contributed by atoms with Crippen molar-refractivity contribution in [2.45, 2.75) is 5.41 Å². The Hall–Kier alpha value is -6.46. The van der Waals surface area contributed by atoms with Gasteiger partial charge in [-0.2, -0.15) is 0 Å². The van der Waals surface area contributed by atoms with Crippen LogP contribution in [-0.2, 0) is 5.41 Å². The molecule has 5 heteroatoms. The molecule has 228 valence electrons. The minimum Gasteiger partial charge on any atom is -0.465 e. The number of aromatic nitrogens is 3. The lowest BCUT2D eigenvalue weighted by Crippen LogP contribution is -2.25. The second-order valence-corrected chi connectivity index (χ2v) is 11.6. The highest BCUT2D eigenvalue weighted by Crippen LogP contribution is 2.55. The lowest BCUT2D eigenvalue weighted by molar-refractivity contribution is 0.469. The fourth-order valence-corrected chi connectivity index (χ4v) is 6.53. The summed E-state index contributed by atoms with van der Waals surface area (Å²) < 4.78 is 6.56. The lowest BCUT2D eigenvalue weighted by Gasteiger charge is -2.31. The van der Waals surface area contributed by atoms with Crippen LogP contribution in [0.15, 0.2) is 181 Å². The number of fused-ring (bicyclic) bond motifs is 7. The monoisotopic (exact) mass is 618 g/mol. The summed E-state index contributed by atoms with van der Waals surface area (Å²) in [7, 11) is 0. The Kier molecular flexibility index (Phi) is 7.69. The fourth-order valence-electron chi connectivity index (χ4n) is 6.53. The van der Waals surface area contributed by atoms with E-state index in [1.807, 2.05) is 85.1 Å². The number of aliphatic imine (C=N–C) groups is 1. The van der Waals surface area contributed by atoms with E-state index in [-0.39, 0.29) is 0 Å². The zero-order valence-electron chi connectivity index (χ0n) is 26.0. The van der Waals surface area contributed by atoms with E-state index >= 15 is 0 Å². The zero-order valence-corrected chi connectivity index (χ0v) is 26.0. The van der Waals surface area contributed by atoms with Crippen LogP contribution in [0.1, 0.15) is 22.3 Å². The topological polar surface area (TPSA) is 60.3 Å². The average molecular weight is 619 g/mol. The zero-order chi connectivity index (χ0) is 32.2. The molecule has 0 bridgehead atoms. The van der Waals surface area contributed by atoms with Gasteiger partial charge in [-0.15, -0.1) is 0 Å². The molecule has 0 atom stereocenters. The van der Waals surface area contributed by atoms with E-state index in [1.165, 1.54) is 22.3 Å². The number of rotatable bonds is 5. The molecule has 1 aliphatic carbocycles. The first-order chi connectivity index (χ1) is 23.8. The highest BCUT2D eigenvalue weighted by molar-refractivity contribution is 5.87. The number of benzene rings is 5. The van der Waals surface area contributed by atoms with Crippen molar-refractivity contribution in [3.8, 4) is 39.7 Å². The molecule has 0 N–H and O–H groups in total. The molecule has 48 heavy (non-hydrogen) atoms. The second-order valence-electron chi connectivity index (χ2n) is 11.6. The highest BCUT2D eigenvalue weighted by Gasteiger charge is 2.44. The molecular weight excluding hydrogens is 589 g/mol. The molecule has 0 saturated heterocycles. The number of nitrogens with zero attached hydrogens (tertiary/aromatic N) is 4. The molecule has 0 fully saturated rings. The lowest BCUT2D eigenvalue weighted by atomic mass is 9.71. The van der Waals surface area contributed by atoms with Gasteiger partial charge in [-0.1, -0.05) is 140 Å². The van der Waals surface area contributed by atoms with E-state index in [4.69, 9.17) is 9.72 Å². The Morgan fingerprint density at radius 1 is 0.646 bits per heavy atom. The van der Waals surface area contributed by atoms with E-state index in [1.54, 1.807) is 18.8 Å². The van der Waals surface area contributed by atoms with Crippen molar-refractivity contribution < 1.29 is 4.74 Å². The standard InChI is InChI=1S/C43H30N4O/c1-3-12-31(13-4-1)23-26-44-29-32-14-11-25-43(37-19-9-7-17-35(37)36-18-8-10-20-38(36)43)39-22-21-34(28-40(39)48-27-24-32)42-46-30-45-41(47-42)33-15-5-2-6-16-33/h1-30H/b25-11+,26-23-,27-24?,32-14+,44-29-. The van der Waals surface area contributed by atoms with Crippen LogP contribution in [0, 0.1) is 0 Å². The summed E-state index contributed by atoms with van der Waals surface area (Å²) in [6.07, 6.45) is 17.3. The summed E-state index contributed by atoms with van der Waals surface area (Å²) in [4.78, 5) is 18.4. The van der Waals surface area contributed by atoms with Crippen molar-refractivity contribution in [2.24, 2.45) is 4.99 Å². The van der Waals surface area contributed by atoms with Gasteiger partial charge in [0.05, 0.1) is 11.7 Å². The number of allylic oxidation sites excluding steroid dienone is 5. The molecule has 0 amide bonds. The van der Waals surface area contributed by atoms with Crippen LogP contribution in [-0.4, -0.2) is 21.2 Å². The molecule has 1 aromatic heterocycles. The van der Waals surface area contributed by atoms with Crippen molar-refractivity contribution in [3.05, 3.63) is 198 Å². The van der Waals surface area contributed by atoms with Crippen LogP contribution < -0.4 is 4.74 Å². The number of ether oxygens (including phenoxy) is 1. The summed E-state index contributed by atoms with van der Waals surface area (Å²) in [5, 5.41) is 0. The smallest absolute Gasteiger partial charge is 0.163 e. The molecule has 0 saturated carbocycles. The van der Waals surface area contributed by atoms with Gasteiger partial charge in [0.2, 0.25) is 0 Å². The van der Waals surface area contributed by atoms with Crippen molar-refractivity contribution >= 4 is 12.3 Å². The van der Waals surface area contributed by atoms with E-state index in [9.17, 15) is 0 Å². The normalized spacial score (nSPS) is 16.1. The predicted octanol–water partition coefficient (Wildman–Crippen LogP) is 9.65. The molecule has 1 spiro atoms. The molecule has 0 radical (unpaired) electrons. The molecule has 5 aromatic carbocycles. The van der Waals surface area contributed by atoms with E-state index in [2.05, 4.69) is 93.9 Å². The molecule has 8 rings (SSSR count). The molecule has 1 aliphatic heterocycles. The summed E-state index contributed by atoms with van der Waals surface area (Å²) in [6.45, 7) is 0. The van der Waals surface area contributed by atoms with Gasteiger partial charge in [-0.25, -0.2) is 15.0 Å². The molecule has 2 aliphatic rings. The van der Waals surface area contributed by atoms with Gasteiger partial charge in [0, 0.05) is 29.1 Å². The molecule has 6 aromatic rings. The fraction of sp³-hybridized carbons (Fsp3) is 0.0233. The first-order valence-corrected chi connectivity index (χ1v) is 15.9. The van der Waals surface area contributed by atoms with Gasteiger partial charge in [0.1, 0.15) is 12.1 Å². The van der Waals surface area contributed by atoms with E-state index < -0.39 is 5.41 Å². The third kappa shape index (κ3) is 5.37. The Bertz CT molecular complexity index is 2220. The van der Waals surface area contributed by atoms with Crippen LogP contribution in [0.3, 0.4) is 0 Å². The maximum atomic E-state index is 6.56. The average Bonchev–Trinajstić information content (AvgIpc) is 3.44. The summed E-state index contributed by atoms with van der Waals surface area (Å²) in [6, 6.07) is 43.6. The molecule has 2 heterocycles. The Morgan fingerprint density at radius 3 is 2.06 bits per heavy atom. The Labute approximate surface area is 279 Å². The quantitative estimate of drug-likeness (QED) is 0.181. The first-order valence-electron chi connectivity index (χ1n) is 15.9. The van der Waals surface area contributed by atoms with E-state index in [0.717, 1.165) is 27.8 Å². The SMILES string of the molecule is C1=CC(/C=N\C=C/c2ccccc2)=C\C=C\C2(c3ccc(-c4ncnc(-c5ccccc5)n4)cc3O1)c1ccccc1-c1ccccc12. The van der Waals surface area contributed by atoms with Crippen LogP contribution in [0.5, 0.6) is 5.75 Å². The van der Waals surface area contributed by atoms with Crippen LogP contribution in [0.2, 0.25) is 0 Å². The van der Waals surface area contributed by atoms with Gasteiger partial charge >= 0.3 is 0 Å². The van der Waals surface area contributed by atoms with Gasteiger partial charge < -0.3 is 4.74 Å². The number of hydrogen-bond acceptors (Lipinski definition) is 5. The largest absolute Gasteiger partial charge is 0.465 e. The van der Waals surface area contributed by atoms with Gasteiger partial charge in [0.15, 0.2) is 11.6 Å². The first kappa shape index (κ1) is 29.0. The Morgan fingerprint density at radius 2 is 1.31 bits per heavy atom. The third-order valence-electron chi connectivity index (χ3n) is 8.73. The van der Waals surface area contributed by atoms with Crippen molar-refractivity contribution in [3.63, 3.8) is 0 Å². The van der Waals surface area contributed by atoms with Gasteiger partial charge in [0.25, 0.3) is 0 Å². The molecular formula is C43H30N4O. The predicted molar refractivity (Wildman–Crippen MR) is 193 cm³/mol.